The Balaban J connectivity index is 3.09. The average Bonchev–Trinajstić information content (AvgIpc) is 3.38. The number of carbonyl (C=O) groups excluding carboxylic acids is 8. The molecule has 0 spiro atoms. The second-order valence-corrected chi connectivity index (χ2v) is 21.8. The van der Waals surface area contributed by atoms with E-state index in [9.17, 15) is 43.5 Å². The number of nitrogens with zero attached hydrogens (tertiary/aromatic N) is 1. The summed E-state index contributed by atoms with van der Waals surface area (Å²) >= 11 is 0. The van der Waals surface area contributed by atoms with Crippen LogP contribution in [0.15, 0.2) is 35.3 Å². The van der Waals surface area contributed by atoms with Gasteiger partial charge >= 0.3 is 0 Å². The van der Waals surface area contributed by atoms with Gasteiger partial charge in [0.2, 0.25) is 23.6 Å². The summed E-state index contributed by atoms with van der Waals surface area (Å²) in [5.74, 6) is -7.74. The summed E-state index contributed by atoms with van der Waals surface area (Å²) in [6.07, 6.45) is 18.8. The van der Waals surface area contributed by atoms with Crippen molar-refractivity contribution in [3.05, 3.63) is 35.9 Å². The number of Topliss-reactive ketones (excluding diaryl/α,β-unsaturated/α-hetero) is 4. The largest absolute Gasteiger partial charge is 0.396 e. The van der Waals surface area contributed by atoms with Crippen LogP contribution in [0.2, 0.25) is 0 Å². The zero-order valence-corrected chi connectivity index (χ0v) is 47.7. The zero-order valence-electron chi connectivity index (χ0n) is 47.7. The highest BCUT2D eigenvalue weighted by molar-refractivity contribution is 5.97. The van der Waals surface area contributed by atoms with Gasteiger partial charge in [-0.25, -0.2) is 0 Å². The molecule has 1 aromatic carbocycles. The number of carbonyl (C=O) groups is 8. The molecule has 7 atom stereocenters. The van der Waals surface area contributed by atoms with E-state index in [1.807, 2.05) is 44.2 Å². The van der Waals surface area contributed by atoms with Crippen LogP contribution in [0.1, 0.15) is 207 Å². The minimum Gasteiger partial charge on any atom is -0.396 e. The van der Waals surface area contributed by atoms with Crippen LogP contribution >= 0.6 is 0 Å². The number of primary amides is 1. The summed E-state index contributed by atoms with van der Waals surface area (Å²) in [6.45, 7) is 7.70. The summed E-state index contributed by atoms with van der Waals surface area (Å²) in [5.41, 5.74) is 29.1. The molecule has 0 bridgehead atoms. The van der Waals surface area contributed by atoms with E-state index in [1.165, 1.54) is 64.7 Å². The molecule has 0 aliphatic heterocycles. The van der Waals surface area contributed by atoms with Crippen molar-refractivity contribution in [2.75, 3.05) is 26.2 Å². The van der Waals surface area contributed by atoms with Gasteiger partial charge in [0.15, 0.2) is 23.3 Å². The molecule has 1 rings (SSSR count). The fourth-order valence-corrected chi connectivity index (χ4v) is 9.56. The number of aliphatic hydroxyl groups is 1. The summed E-state index contributed by atoms with van der Waals surface area (Å²) in [4.78, 5) is 113. The normalized spacial score (nSPS) is 14.1. The van der Waals surface area contributed by atoms with Crippen LogP contribution in [0.25, 0.3) is 0 Å². The van der Waals surface area contributed by atoms with Crippen molar-refractivity contribution in [2.45, 2.75) is 226 Å². The van der Waals surface area contributed by atoms with E-state index in [4.69, 9.17) is 28.7 Å². The molecule has 14 N–H and O–H groups in total. The first kappa shape index (κ1) is 69.9. The number of hydrogen-bond acceptors (Lipinski definition) is 12. The van der Waals surface area contributed by atoms with Crippen LogP contribution in [-0.4, -0.2) is 102 Å². The SMILES string of the molecule is CCCCCCCCCCCCCCCC(=O)C[C@@H](CCCCN)C(=O)N[C@@H](CCCCN)C(=O)C[C@@H](CO)C(=O)N[C@@H](CCCN=C(N)N)C(=O)C[C@@H](C)C(=O)N[C@H](CC(C)C)C(=O)C[C@@H](Cc1ccccc1)C(N)=O. The lowest BCUT2D eigenvalue weighted by Crippen LogP contribution is -2.49. The molecule has 18 nitrogen and oxygen atoms in total. The van der Waals surface area contributed by atoms with Crippen molar-refractivity contribution in [1.29, 1.82) is 0 Å². The third-order valence-corrected chi connectivity index (χ3v) is 14.3. The summed E-state index contributed by atoms with van der Waals surface area (Å²) in [5, 5.41) is 18.9. The van der Waals surface area contributed by atoms with Gasteiger partial charge < -0.3 is 49.7 Å². The molecule has 0 aromatic heterocycles. The van der Waals surface area contributed by atoms with Gasteiger partial charge in [0, 0.05) is 56.4 Å². The number of rotatable bonds is 49. The second-order valence-electron chi connectivity index (χ2n) is 21.8. The number of guanidine groups is 1. The smallest absolute Gasteiger partial charge is 0.226 e. The van der Waals surface area contributed by atoms with Crippen LogP contribution in [0.3, 0.4) is 0 Å². The Morgan fingerprint density at radius 2 is 1.01 bits per heavy atom. The van der Waals surface area contributed by atoms with Gasteiger partial charge in [0.1, 0.15) is 5.78 Å². The molecule has 0 saturated carbocycles. The lowest BCUT2D eigenvalue weighted by molar-refractivity contribution is -0.136. The number of aliphatic imine (C=N–C) groups is 1. The van der Waals surface area contributed by atoms with Crippen molar-refractivity contribution in [1.82, 2.24) is 16.0 Å². The van der Waals surface area contributed by atoms with E-state index in [0.717, 1.165) is 31.2 Å². The Hall–Kier alpha value is -5.07. The molecule has 0 heterocycles. The highest BCUT2D eigenvalue weighted by atomic mass is 16.3. The minimum absolute atomic E-state index is 0.00301. The molecule has 1 aromatic rings. The molecule has 4 amide bonds. The number of hydrogen-bond donors (Lipinski definition) is 9. The van der Waals surface area contributed by atoms with Gasteiger partial charge in [-0.2, -0.15) is 0 Å². The van der Waals surface area contributed by atoms with E-state index in [1.54, 1.807) is 0 Å². The van der Waals surface area contributed by atoms with E-state index in [-0.39, 0.29) is 81.4 Å². The first-order valence-electron chi connectivity index (χ1n) is 29.3. The topological polar surface area (TPSA) is 335 Å². The minimum atomic E-state index is -1.30. The van der Waals surface area contributed by atoms with Crippen molar-refractivity contribution >= 4 is 52.7 Å². The quantitative estimate of drug-likeness (QED) is 0.0196. The number of nitrogens with two attached hydrogens (primary N) is 5. The Kier molecular flexibility index (Phi) is 39.0. The van der Waals surface area contributed by atoms with E-state index in [0.29, 0.717) is 51.6 Å². The van der Waals surface area contributed by atoms with E-state index >= 15 is 0 Å². The van der Waals surface area contributed by atoms with Gasteiger partial charge in [0.05, 0.1) is 30.7 Å². The van der Waals surface area contributed by atoms with Crippen LogP contribution in [0, 0.1) is 29.6 Å². The fourth-order valence-electron chi connectivity index (χ4n) is 9.56. The maximum Gasteiger partial charge on any atom is 0.226 e. The van der Waals surface area contributed by atoms with Crippen LogP contribution in [0.4, 0.5) is 0 Å². The molecule has 0 fully saturated rings. The van der Waals surface area contributed by atoms with E-state index in [2.05, 4.69) is 27.9 Å². The van der Waals surface area contributed by atoms with Crippen molar-refractivity contribution in [2.24, 2.45) is 63.3 Å². The monoisotopic (exact) mass is 1080 g/mol. The first-order chi connectivity index (χ1) is 36.9. The van der Waals surface area contributed by atoms with Gasteiger partial charge in [-0.1, -0.05) is 141 Å². The molecule has 0 radical (unpaired) electrons. The molecule has 0 aliphatic carbocycles. The number of ketones is 4. The summed E-state index contributed by atoms with van der Waals surface area (Å²) < 4.78 is 0. The summed E-state index contributed by atoms with van der Waals surface area (Å²) in [7, 11) is 0. The fraction of sp³-hybridized carbons (Fsp3) is 0.746. The van der Waals surface area contributed by atoms with E-state index < -0.39 is 90.0 Å². The number of benzene rings is 1. The molecule has 0 aliphatic rings. The number of amides is 4. The zero-order chi connectivity index (χ0) is 57.4. The third kappa shape index (κ3) is 33.1. The molecule has 0 unspecified atom stereocenters. The molecule has 0 saturated heterocycles. The molecule has 438 valence electrons. The van der Waals surface area contributed by atoms with Crippen LogP contribution < -0.4 is 44.6 Å². The Morgan fingerprint density at radius 3 is 1.53 bits per heavy atom. The molecule has 77 heavy (non-hydrogen) atoms. The van der Waals surface area contributed by atoms with Gasteiger partial charge in [-0.3, -0.25) is 43.3 Å². The highest BCUT2D eigenvalue weighted by Crippen LogP contribution is 2.21. The van der Waals surface area contributed by atoms with Crippen molar-refractivity contribution in [3.63, 3.8) is 0 Å². The number of aliphatic hydroxyl groups excluding tert-OH is 1. The first-order valence-corrected chi connectivity index (χ1v) is 29.3. The third-order valence-electron chi connectivity index (χ3n) is 14.3. The van der Waals surface area contributed by atoms with Crippen LogP contribution in [0.5, 0.6) is 0 Å². The Morgan fingerprint density at radius 1 is 0.532 bits per heavy atom. The standard InChI is InChI=1S/C59H103N9O9/c1-5-6-7-8-9-10-11-12-13-14-15-16-20-29-48(70)38-45(28-21-23-32-60)57(76)66-49(30-22-24-33-61)53(72)40-47(41-69)58(77)67-50(31-25-34-65-59(63)64)52(71)36-43(4)56(75)68-51(35-42(2)3)54(73)39-46(55(62)74)37-44-26-18-17-19-27-44/h17-19,26-27,42-43,45-47,49-51,69H,5-16,20-25,28-41,60-61H2,1-4H3,(H2,62,74)(H,66,76)(H,67,77)(H,68,75)(H4,63,64,65)/t43-,45-,46-,47+,49+,50+,51-/m1/s1. The molecular formula is C59H103N9O9. The van der Waals surface area contributed by atoms with Gasteiger partial charge in [0.25, 0.3) is 0 Å². The molecule has 18 heteroatoms. The number of nitrogens with one attached hydrogen (secondary N) is 3. The lowest BCUT2D eigenvalue weighted by Gasteiger charge is -2.25. The maximum absolute atomic E-state index is 14.1. The lowest BCUT2D eigenvalue weighted by atomic mass is 9.89. The maximum atomic E-state index is 14.1. The van der Waals surface area contributed by atoms with Crippen LogP contribution in [-0.2, 0) is 44.8 Å². The average molecular weight is 1080 g/mol. The van der Waals surface area contributed by atoms with Gasteiger partial charge in [-0.15, -0.1) is 0 Å². The highest BCUT2D eigenvalue weighted by Gasteiger charge is 2.34. The van der Waals surface area contributed by atoms with Crippen molar-refractivity contribution in [3.8, 4) is 0 Å². The Labute approximate surface area is 461 Å². The number of unbranched alkanes of at least 4 members (excludes halogenated alkanes) is 14. The summed E-state index contributed by atoms with van der Waals surface area (Å²) in [6, 6.07) is 6.01. The Bertz CT molecular complexity index is 1900. The predicted octanol–water partition coefficient (Wildman–Crippen LogP) is 6.32. The van der Waals surface area contributed by atoms with Gasteiger partial charge in [-0.05, 0) is 88.8 Å². The second kappa shape index (κ2) is 42.9. The molecular weight excluding hydrogens is 979 g/mol. The predicted molar refractivity (Wildman–Crippen MR) is 306 cm³/mol. The van der Waals surface area contributed by atoms with Crippen molar-refractivity contribution < 1.29 is 43.5 Å².